The van der Waals surface area contributed by atoms with Gasteiger partial charge in [0, 0.05) is 29.2 Å². The summed E-state index contributed by atoms with van der Waals surface area (Å²) in [6.45, 7) is 4.53. The number of non-ortho nitro benzene ring substituents is 1. The van der Waals surface area contributed by atoms with E-state index < -0.39 is 0 Å². The summed E-state index contributed by atoms with van der Waals surface area (Å²) in [5, 5.41) is 11.0. The summed E-state index contributed by atoms with van der Waals surface area (Å²) >= 11 is 3.36. The van der Waals surface area contributed by atoms with E-state index in [2.05, 4.69) is 27.8 Å². The second-order valence-corrected chi connectivity index (χ2v) is 6.55. The van der Waals surface area contributed by atoms with Crippen LogP contribution in [0.2, 0.25) is 0 Å². The lowest BCUT2D eigenvalue weighted by molar-refractivity contribution is -0.385. The average Bonchev–Trinajstić information content (AvgIpc) is 2.92. The third kappa shape index (κ3) is 4.02. The number of nitro groups is 1. The highest BCUT2D eigenvalue weighted by Crippen LogP contribution is 2.31. The first kappa shape index (κ1) is 16.4. The minimum atomic E-state index is -0.344. The number of halogens is 1. The summed E-state index contributed by atoms with van der Waals surface area (Å²) in [6.07, 6.45) is 3.59. The van der Waals surface area contributed by atoms with Crippen LogP contribution in [0.5, 0.6) is 0 Å². The summed E-state index contributed by atoms with van der Waals surface area (Å²) in [4.78, 5) is 13.0. The lowest BCUT2D eigenvalue weighted by atomic mass is 10.0. The van der Waals surface area contributed by atoms with Gasteiger partial charge in [0.25, 0.3) is 5.69 Å². The van der Waals surface area contributed by atoms with E-state index in [0.29, 0.717) is 12.0 Å². The monoisotopic (exact) mass is 355 g/mol. The molecule has 6 heteroatoms. The van der Waals surface area contributed by atoms with Gasteiger partial charge in [0.2, 0.25) is 0 Å². The topological polar surface area (TPSA) is 72.4 Å². The minimum absolute atomic E-state index is 0.136. The van der Waals surface area contributed by atoms with E-state index in [1.54, 1.807) is 6.07 Å². The van der Waals surface area contributed by atoms with Gasteiger partial charge in [-0.15, -0.1) is 0 Å². The van der Waals surface area contributed by atoms with Crippen molar-refractivity contribution in [3.63, 3.8) is 0 Å². The Morgan fingerprint density at radius 3 is 2.81 bits per heavy atom. The zero-order valence-electron chi connectivity index (χ0n) is 12.3. The van der Waals surface area contributed by atoms with E-state index in [0.717, 1.165) is 29.7 Å². The molecule has 2 rings (SSSR count). The van der Waals surface area contributed by atoms with Gasteiger partial charge in [-0.1, -0.05) is 29.3 Å². The van der Waals surface area contributed by atoms with Gasteiger partial charge in [0.05, 0.1) is 4.92 Å². The molecule has 2 N–H and O–H groups in total. The van der Waals surface area contributed by atoms with Crippen molar-refractivity contribution < 1.29 is 4.92 Å². The highest BCUT2D eigenvalue weighted by Gasteiger charge is 2.30. The molecule has 2 unspecified atom stereocenters. The van der Waals surface area contributed by atoms with E-state index in [1.165, 1.54) is 25.3 Å². The molecule has 2 atom stereocenters. The zero-order valence-corrected chi connectivity index (χ0v) is 13.9. The SMILES string of the molecule is CCN(Cc1cc(Br)cc([N+](=O)[O-])c1)C1CCCC1CN. The van der Waals surface area contributed by atoms with E-state index >= 15 is 0 Å². The summed E-state index contributed by atoms with van der Waals surface area (Å²) in [6, 6.07) is 5.66. The van der Waals surface area contributed by atoms with Gasteiger partial charge < -0.3 is 5.73 Å². The van der Waals surface area contributed by atoms with Crippen LogP contribution in [0.3, 0.4) is 0 Å². The highest BCUT2D eigenvalue weighted by molar-refractivity contribution is 9.10. The third-order valence-electron chi connectivity index (χ3n) is 4.34. The first-order chi connectivity index (χ1) is 10.0. The highest BCUT2D eigenvalue weighted by atomic mass is 79.9. The normalized spacial score (nSPS) is 21.9. The molecule has 1 aromatic rings. The first-order valence-electron chi connectivity index (χ1n) is 7.43. The smallest absolute Gasteiger partial charge is 0.270 e. The number of benzene rings is 1. The average molecular weight is 356 g/mol. The van der Waals surface area contributed by atoms with Crippen LogP contribution in [-0.2, 0) is 6.54 Å². The van der Waals surface area contributed by atoms with E-state index in [-0.39, 0.29) is 10.6 Å². The number of nitrogens with two attached hydrogens (primary N) is 1. The summed E-state index contributed by atoms with van der Waals surface area (Å²) < 4.78 is 0.754. The van der Waals surface area contributed by atoms with Crippen LogP contribution in [0.1, 0.15) is 31.7 Å². The maximum Gasteiger partial charge on any atom is 0.270 e. The summed E-state index contributed by atoms with van der Waals surface area (Å²) in [7, 11) is 0. The Kier molecular flexibility index (Phi) is 5.72. The number of nitro benzene ring substituents is 1. The van der Waals surface area contributed by atoms with Gasteiger partial charge in [-0.25, -0.2) is 0 Å². The molecule has 0 bridgehead atoms. The summed E-state index contributed by atoms with van der Waals surface area (Å²) in [5.41, 5.74) is 6.98. The van der Waals surface area contributed by atoms with Crippen molar-refractivity contribution in [1.29, 1.82) is 0 Å². The van der Waals surface area contributed by atoms with Gasteiger partial charge in [0.1, 0.15) is 0 Å². The van der Waals surface area contributed by atoms with Crippen molar-refractivity contribution in [3.8, 4) is 0 Å². The Morgan fingerprint density at radius 2 is 2.19 bits per heavy atom. The standard InChI is InChI=1S/C15H22BrN3O2/c1-2-18(15-5-3-4-12(15)9-17)10-11-6-13(16)8-14(7-11)19(20)21/h6-8,12,15H,2-5,9-10,17H2,1H3. The van der Waals surface area contributed by atoms with E-state index in [1.807, 2.05) is 6.07 Å². The van der Waals surface area contributed by atoms with Crippen molar-refractivity contribution in [3.05, 3.63) is 38.3 Å². The molecular weight excluding hydrogens is 334 g/mol. The Balaban J connectivity index is 2.16. The van der Waals surface area contributed by atoms with Gasteiger partial charge in [-0.3, -0.25) is 15.0 Å². The lowest BCUT2D eigenvalue weighted by Crippen LogP contribution is -2.39. The molecule has 0 heterocycles. The largest absolute Gasteiger partial charge is 0.330 e. The Bertz CT molecular complexity index is 510. The van der Waals surface area contributed by atoms with Crippen molar-refractivity contribution in [2.75, 3.05) is 13.1 Å². The van der Waals surface area contributed by atoms with Crippen LogP contribution in [0.4, 0.5) is 5.69 Å². The van der Waals surface area contributed by atoms with Crippen LogP contribution in [0, 0.1) is 16.0 Å². The molecule has 0 saturated heterocycles. The van der Waals surface area contributed by atoms with Crippen LogP contribution in [0.25, 0.3) is 0 Å². The molecule has 0 amide bonds. The van der Waals surface area contributed by atoms with Crippen LogP contribution < -0.4 is 5.73 Å². The fourth-order valence-electron chi connectivity index (χ4n) is 3.30. The predicted molar refractivity (Wildman–Crippen MR) is 87.1 cm³/mol. The van der Waals surface area contributed by atoms with Crippen LogP contribution in [0.15, 0.2) is 22.7 Å². The van der Waals surface area contributed by atoms with Gasteiger partial charge in [0.15, 0.2) is 0 Å². The molecule has 1 aromatic carbocycles. The van der Waals surface area contributed by atoms with E-state index in [4.69, 9.17) is 5.73 Å². The zero-order chi connectivity index (χ0) is 15.4. The Hall–Kier alpha value is -0.980. The molecule has 0 radical (unpaired) electrons. The number of hydrogen-bond donors (Lipinski definition) is 1. The van der Waals surface area contributed by atoms with Gasteiger partial charge in [-0.05, 0) is 43.5 Å². The lowest BCUT2D eigenvalue weighted by Gasteiger charge is -2.31. The Labute approximate surface area is 133 Å². The van der Waals surface area contributed by atoms with Crippen molar-refractivity contribution in [1.82, 2.24) is 4.90 Å². The quantitative estimate of drug-likeness (QED) is 0.627. The number of hydrogen-bond acceptors (Lipinski definition) is 4. The second kappa shape index (κ2) is 7.33. The number of rotatable bonds is 6. The second-order valence-electron chi connectivity index (χ2n) is 5.63. The molecule has 0 aromatic heterocycles. The molecular formula is C15H22BrN3O2. The molecule has 1 fully saturated rings. The van der Waals surface area contributed by atoms with Crippen LogP contribution >= 0.6 is 15.9 Å². The van der Waals surface area contributed by atoms with Crippen molar-refractivity contribution in [2.45, 2.75) is 38.8 Å². The van der Waals surface area contributed by atoms with Crippen molar-refractivity contribution in [2.24, 2.45) is 11.7 Å². The maximum atomic E-state index is 11.0. The van der Waals surface area contributed by atoms with Crippen molar-refractivity contribution >= 4 is 21.6 Å². The molecule has 5 nitrogen and oxygen atoms in total. The summed E-state index contributed by atoms with van der Waals surface area (Å²) in [5.74, 6) is 0.548. The molecule has 21 heavy (non-hydrogen) atoms. The van der Waals surface area contributed by atoms with E-state index in [9.17, 15) is 10.1 Å². The molecule has 1 saturated carbocycles. The van der Waals surface area contributed by atoms with Gasteiger partial charge >= 0.3 is 0 Å². The fraction of sp³-hybridized carbons (Fsp3) is 0.600. The fourth-order valence-corrected chi connectivity index (χ4v) is 3.83. The van der Waals surface area contributed by atoms with Crippen LogP contribution in [-0.4, -0.2) is 29.0 Å². The predicted octanol–water partition coefficient (Wildman–Crippen LogP) is 3.31. The van der Waals surface area contributed by atoms with Gasteiger partial charge in [-0.2, -0.15) is 0 Å². The molecule has 0 aliphatic heterocycles. The molecule has 0 spiro atoms. The molecule has 116 valence electrons. The first-order valence-corrected chi connectivity index (χ1v) is 8.22. The number of nitrogens with zero attached hydrogens (tertiary/aromatic N) is 2. The Morgan fingerprint density at radius 1 is 1.43 bits per heavy atom. The molecule has 1 aliphatic carbocycles. The minimum Gasteiger partial charge on any atom is -0.330 e. The maximum absolute atomic E-state index is 11.0. The molecule has 1 aliphatic rings. The third-order valence-corrected chi connectivity index (χ3v) is 4.79.